The lowest BCUT2D eigenvalue weighted by Crippen LogP contribution is -1.97. The van der Waals surface area contributed by atoms with E-state index in [1.807, 2.05) is 35.8 Å². The molecule has 2 aromatic carbocycles. The highest BCUT2D eigenvalue weighted by Crippen LogP contribution is 2.25. The fraction of sp³-hybridized carbons (Fsp3) is 0.0714. The van der Waals surface area contributed by atoms with Gasteiger partial charge in [0.05, 0.1) is 21.2 Å². The molecule has 3 rings (SSSR count). The molecule has 0 saturated carbocycles. The molecular formula is C14H11BrFN3. The Hall–Kier alpha value is -1.88. The largest absolute Gasteiger partial charge is 0.399 e. The van der Waals surface area contributed by atoms with Crippen molar-refractivity contribution < 1.29 is 4.39 Å². The van der Waals surface area contributed by atoms with Crippen LogP contribution in [0.4, 0.5) is 10.1 Å². The second-order valence-electron chi connectivity index (χ2n) is 4.34. The van der Waals surface area contributed by atoms with Crippen molar-refractivity contribution in [2.75, 3.05) is 5.73 Å². The Morgan fingerprint density at radius 2 is 2.00 bits per heavy atom. The summed E-state index contributed by atoms with van der Waals surface area (Å²) in [6, 6.07) is 10.5. The maximum absolute atomic E-state index is 13.7. The molecule has 0 amide bonds. The molecule has 2 N–H and O–H groups in total. The van der Waals surface area contributed by atoms with Crippen molar-refractivity contribution in [1.82, 2.24) is 9.55 Å². The predicted octanol–water partition coefficient (Wildman–Crippen LogP) is 3.82. The molecule has 0 bridgehead atoms. The van der Waals surface area contributed by atoms with Crippen LogP contribution in [0.2, 0.25) is 0 Å². The van der Waals surface area contributed by atoms with Crippen LogP contribution in [-0.4, -0.2) is 9.55 Å². The van der Waals surface area contributed by atoms with Crippen molar-refractivity contribution in [3.63, 3.8) is 0 Å². The minimum atomic E-state index is -0.297. The first-order valence-electron chi connectivity index (χ1n) is 5.76. The first-order chi connectivity index (χ1) is 9.06. The Labute approximate surface area is 118 Å². The lowest BCUT2D eigenvalue weighted by atomic mass is 10.2. The van der Waals surface area contributed by atoms with Crippen molar-refractivity contribution in [2.45, 2.75) is 6.92 Å². The highest BCUT2D eigenvalue weighted by Gasteiger charge is 2.11. The van der Waals surface area contributed by atoms with Crippen LogP contribution in [0.15, 0.2) is 40.9 Å². The fourth-order valence-corrected chi connectivity index (χ4v) is 2.41. The Morgan fingerprint density at radius 1 is 1.21 bits per heavy atom. The SMILES string of the molecule is Cc1nc2cc(N)ccc2n1-c1ccc(Br)c(F)c1. The number of hydrogen-bond acceptors (Lipinski definition) is 2. The Kier molecular flexibility index (Phi) is 2.78. The van der Waals surface area contributed by atoms with Crippen LogP contribution >= 0.6 is 15.9 Å². The number of aromatic nitrogens is 2. The van der Waals surface area contributed by atoms with Crippen LogP contribution in [0.5, 0.6) is 0 Å². The number of aryl methyl sites for hydroxylation is 1. The van der Waals surface area contributed by atoms with Gasteiger partial charge in [-0.15, -0.1) is 0 Å². The summed E-state index contributed by atoms with van der Waals surface area (Å²) in [6.45, 7) is 1.89. The van der Waals surface area contributed by atoms with E-state index in [2.05, 4.69) is 20.9 Å². The van der Waals surface area contributed by atoms with Crippen LogP contribution in [0.1, 0.15) is 5.82 Å². The molecule has 19 heavy (non-hydrogen) atoms. The maximum Gasteiger partial charge on any atom is 0.139 e. The van der Waals surface area contributed by atoms with Crippen LogP contribution in [0, 0.1) is 12.7 Å². The molecule has 1 heterocycles. The number of halogens is 2. The van der Waals surface area contributed by atoms with Gasteiger partial charge in [-0.05, 0) is 59.3 Å². The summed E-state index contributed by atoms with van der Waals surface area (Å²) in [5, 5.41) is 0. The van der Waals surface area contributed by atoms with E-state index in [1.165, 1.54) is 6.07 Å². The van der Waals surface area contributed by atoms with Crippen molar-refractivity contribution in [3.05, 3.63) is 52.5 Å². The summed E-state index contributed by atoms with van der Waals surface area (Å²) >= 11 is 3.15. The van der Waals surface area contributed by atoms with Gasteiger partial charge >= 0.3 is 0 Å². The highest BCUT2D eigenvalue weighted by molar-refractivity contribution is 9.10. The number of anilines is 1. The molecule has 3 aromatic rings. The number of rotatable bonds is 1. The average molecular weight is 320 g/mol. The summed E-state index contributed by atoms with van der Waals surface area (Å²) < 4.78 is 16.0. The van der Waals surface area contributed by atoms with E-state index in [4.69, 9.17) is 5.73 Å². The fourth-order valence-electron chi connectivity index (χ4n) is 2.17. The molecule has 0 spiro atoms. The normalized spacial score (nSPS) is 11.1. The third kappa shape index (κ3) is 2.00. The number of imidazole rings is 1. The first kappa shape index (κ1) is 12.2. The van der Waals surface area contributed by atoms with Crippen molar-refractivity contribution >= 4 is 32.7 Å². The molecule has 1 aromatic heterocycles. The number of nitrogen functional groups attached to an aromatic ring is 1. The van der Waals surface area contributed by atoms with E-state index >= 15 is 0 Å². The second-order valence-corrected chi connectivity index (χ2v) is 5.20. The van der Waals surface area contributed by atoms with Crippen molar-refractivity contribution in [1.29, 1.82) is 0 Å². The molecule has 0 aliphatic heterocycles. The Morgan fingerprint density at radius 3 is 2.74 bits per heavy atom. The van der Waals surface area contributed by atoms with E-state index < -0.39 is 0 Å². The zero-order chi connectivity index (χ0) is 13.6. The quantitative estimate of drug-likeness (QED) is 0.693. The lowest BCUT2D eigenvalue weighted by Gasteiger charge is -2.07. The molecule has 0 saturated heterocycles. The van der Waals surface area contributed by atoms with Gasteiger partial charge in [-0.3, -0.25) is 4.57 Å². The van der Waals surface area contributed by atoms with E-state index in [0.29, 0.717) is 10.2 Å². The molecule has 0 atom stereocenters. The van der Waals surface area contributed by atoms with E-state index in [0.717, 1.165) is 22.5 Å². The maximum atomic E-state index is 13.7. The second kappa shape index (κ2) is 4.35. The molecule has 0 radical (unpaired) electrons. The smallest absolute Gasteiger partial charge is 0.139 e. The van der Waals surface area contributed by atoms with E-state index in [9.17, 15) is 4.39 Å². The minimum Gasteiger partial charge on any atom is -0.399 e. The molecule has 0 aliphatic rings. The minimum absolute atomic E-state index is 0.297. The zero-order valence-electron chi connectivity index (χ0n) is 10.2. The number of hydrogen-bond donors (Lipinski definition) is 1. The molecule has 0 fully saturated rings. The van der Waals surface area contributed by atoms with Gasteiger partial charge in [-0.2, -0.15) is 0 Å². The van der Waals surface area contributed by atoms with Gasteiger partial charge in [0.1, 0.15) is 11.6 Å². The van der Waals surface area contributed by atoms with Crippen LogP contribution in [0.3, 0.4) is 0 Å². The summed E-state index contributed by atoms with van der Waals surface area (Å²) in [6.07, 6.45) is 0. The Balaban J connectivity index is 2.29. The van der Waals surface area contributed by atoms with Crippen LogP contribution < -0.4 is 5.73 Å². The number of nitrogens with two attached hydrogens (primary N) is 1. The number of benzene rings is 2. The Bertz CT molecular complexity index is 780. The van der Waals surface area contributed by atoms with Gasteiger partial charge in [0, 0.05) is 5.69 Å². The monoisotopic (exact) mass is 319 g/mol. The van der Waals surface area contributed by atoms with Gasteiger partial charge in [-0.25, -0.2) is 9.37 Å². The van der Waals surface area contributed by atoms with E-state index in [-0.39, 0.29) is 5.82 Å². The average Bonchev–Trinajstić information content (AvgIpc) is 2.68. The molecule has 5 heteroatoms. The number of nitrogens with zero attached hydrogens (tertiary/aromatic N) is 2. The highest BCUT2D eigenvalue weighted by atomic mass is 79.9. The molecule has 0 aliphatic carbocycles. The van der Waals surface area contributed by atoms with Gasteiger partial charge in [0.25, 0.3) is 0 Å². The third-order valence-corrected chi connectivity index (χ3v) is 3.65. The van der Waals surface area contributed by atoms with Crippen LogP contribution in [0.25, 0.3) is 16.7 Å². The van der Waals surface area contributed by atoms with Crippen LogP contribution in [-0.2, 0) is 0 Å². The lowest BCUT2D eigenvalue weighted by molar-refractivity contribution is 0.620. The van der Waals surface area contributed by atoms with E-state index in [1.54, 1.807) is 6.07 Å². The third-order valence-electron chi connectivity index (χ3n) is 3.01. The van der Waals surface area contributed by atoms with Crippen molar-refractivity contribution in [3.8, 4) is 5.69 Å². The van der Waals surface area contributed by atoms with Crippen molar-refractivity contribution in [2.24, 2.45) is 0 Å². The van der Waals surface area contributed by atoms with Gasteiger partial charge < -0.3 is 5.73 Å². The molecule has 3 nitrogen and oxygen atoms in total. The summed E-state index contributed by atoms with van der Waals surface area (Å²) in [7, 11) is 0. The standard InChI is InChI=1S/C14H11BrFN3/c1-8-18-13-6-9(17)2-5-14(13)19(8)10-3-4-11(15)12(16)7-10/h2-7H,17H2,1H3. The topological polar surface area (TPSA) is 43.8 Å². The van der Waals surface area contributed by atoms with Gasteiger partial charge in [0.15, 0.2) is 0 Å². The first-order valence-corrected chi connectivity index (χ1v) is 6.55. The molecule has 96 valence electrons. The molecule has 0 unspecified atom stereocenters. The summed E-state index contributed by atoms with van der Waals surface area (Å²) in [4.78, 5) is 4.45. The predicted molar refractivity (Wildman–Crippen MR) is 77.9 cm³/mol. The van der Waals surface area contributed by atoms with Gasteiger partial charge in [-0.1, -0.05) is 0 Å². The number of fused-ring (bicyclic) bond motifs is 1. The summed E-state index contributed by atoms with van der Waals surface area (Å²) in [5.74, 6) is 0.497. The zero-order valence-corrected chi connectivity index (χ0v) is 11.8. The summed E-state index contributed by atoms with van der Waals surface area (Å²) in [5.41, 5.74) is 8.87. The molecular weight excluding hydrogens is 309 g/mol. The van der Waals surface area contributed by atoms with Gasteiger partial charge in [0.2, 0.25) is 0 Å².